The van der Waals surface area contributed by atoms with Gasteiger partial charge in [-0.15, -0.1) is 0 Å². The molecule has 0 spiro atoms. The molecule has 1 amide bonds. The van der Waals surface area contributed by atoms with E-state index in [9.17, 15) is 9.18 Å². The number of rotatable bonds is 7. The molecule has 2 aliphatic rings. The molecule has 3 aromatic carbocycles. The minimum atomic E-state index is -0.289. The Balaban J connectivity index is 1.34. The number of para-hydroxylation sites is 1. The highest BCUT2D eigenvalue weighted by atomic mass is 19.1. The number of ether oxygens (including phenoxy) is 2. The molecule has 192 valence electrons. The van der Waals surface area contributed by atoms with Crippen LogP contribution in [0.25, 0.3) is 0 Å². The molecular formula is C29H31FN4O3. The van der Waals surface area contributed by atoms with Gasteiger partial charge in [-0.1, -0.05) is 42.5 Å². The van der Waals surface area contributed by atoms with Crippen LogP contribution in [0.3, 0.4) is 0 Å². The van der Waals surface area contributed by atoms with E-state index in [1.165, 1.54) is 6.07 Å². The van der Waals surface area contributed by atoms with E-state index in [1.807, 2.05) is 59.5 Å². The van der Waals surface area contributed by atoms with Crippen LogP contribution >= 0.6 is 0 Å². The van der Waals surface area contributed by atoms with Crippen LogP contribution in [0.2, 0.25) is 0 Å². The summed E-state index contributed by atoms with van der Waals surface area (Å²) in [5, 5.41) is 6.41. The van der Waals surface area contributed by atoms with E-state index in [-0.39, 0.29) is 24.3 Å². The fourth-order valence-corrected chi connectivity index (χ4v) is 5.00. The van der Waals surface area contributed by atoms with Crippen molar-refractivity contribution in [3.05, 3.63) is 89.7 Å². The van der Waals surface area contributed by atoms with Crippen LogP contribution in [0.1, 0.15) is 23.6 Å². The van der Waals surface area contributed by atoms with Crippen molar-refractivity contribution >= 4 is 17.3 Å². The molecule has 1 atom stereocenters. The van der Waals surface area contributed by atoms with Crippen molar-refractivity contribution in [1.29, 1.82) is 0 Å². The van der Waals surface area contributed by atoms with Gasteiger partial charge in [-0.2, -0.15) is 5.10 Å². The fraction of sp³-hybridized carbons (Fsp3) is 0.310. The third-order valence-electron chi connectivity index (χ3n) is 7.00. The van der Waals surface area contributed by atoms with Gasteiger partial charge >= 0.3 is 0 Å². The second-order valence-corrected chi connectivity index (χ2v) is 9.19. The molecule has 0 saturated carbocycles. The van der Waals surface area contributed by atoms with E-state index >= 15 is 0 Å². The zero-order valence-electron chi connectivity index (χ0n) is 21.1. The molecular weight excluding hydrogens is 471 g/mol. The zero-order chi connectivity index (χ0) is 25.8. The minimum Gasteiger partial charge on any atom is -0.497 e. The van der Waals surface area contributed by atoms with Crippen molar-refractivity contribution < 1.29 is 18.7 Å². The van der Waals surface area contributed by atoms with E-state index < -0.39 is 0 Å². The number of hydrazone groups is 1. The summed E-state index contributed by atoms with van der Waals surface area (Å²) in [5.41, 5.74) is 3.35. The predicted octanol–water partition coefficient (Wildman–Crippen LogP) is 4.34. The molecule has 2 heterocycles. The Labute approximate surface area is 216 Å². The molecule has 0 radical (unpaired) electrons. The smallest absolute Gasteiger partial charge is 0.257 e. The number of amides is 1. The number of carbonyl (C=O) groups excluding carboxylic acids is 1. The number of anilines is 1. The highest BCUT2D eigenvalue weighted by Gasteiger charge is 2.36. The summed E-state index contributed by atoms with van der Waals surface area (Å²) in [6.45, 7) is 2.88. The van der Waals surface area contributed by atoms with Crippen LogP contribution in [-0.2, 0) is 4.79 Å². The van der Waals surface area contributed by atoms with Gasteiger partial charge in [-0.05, 0) is 29.8 Å². The monoisotopic (exact) mass is 502 g/mol. The molecule has 37 heavy (non-hydrogen) atoms. The predicted molar refractivity (Wildman–Crippen MR) is 142 cm³/mol. The van der Waals surface area contributed by atoms with Crippen LogP contribution in [0.15, 0.2) is 77.9 Å². The Morgan fingerprint density at radius 3 is 2.38 bits per heavy atom. The first-order chi connectivity index (χ1) is 18.1. The first-order valence-electron chi connectivity index (χ1n) is 12.5. The normalized spacial score (nSPS) is 18.0. The molecule has 5 rings (SSSR count). The summed E-state index contributed by atoms with van der Waals surface area (Å²) in [4.78, 5) is 17.8. The van der Waals surface area contributed by atoms with E-state index in [2.05, 4.69) is 4.90 Å². The summed E-state index contributed by atoms with van der Waals surface area (Å²) < 4.78 is 25.3. The van der Waals surface area contributed by atoms with Crippen LogP contribution in [0.4, 0.5) is 10.1 Å². The maximum Gasteiger partial charge on any atom is 0.257 e. The van der Waals surface area contributed by atoms with Gasteiger partial charge in [-0.25, -0.2) is 9.40 Å². The van der Waals surface area contributed by atoms with Gasteiger partial charge in [0.2, 0.25) is 0 Å². The van der Waals surface area contributed by atoms with Gasteiger partial charge in [0.15, 0.2) is 0 Å². The highest BCUT2D eigenvalue weighted by Crippen LogP contribution is 2.39. The first-order valence-corrected chi connectivity index (χ1v) is 12.5. The Hall–Kier alpha value is -3.91. The number of piperazine rings is 1. The Morgan fingerprint density at radius 2 is 1.68 bits per heavy atom. The largest absolute Gasteiger partial charge is 0.497 e. The van der Waals surface area contributed by atoms with Gasteiger partial charge in [0.1, 0.15) is 17.3 Å². The first kappa shape index (κ1) is 24.8. The molecule has 8 heteroatoms. The lowest BCUT2D eigenvalue weighted by Gasteiger charge is -2.36. The number of nitrogens with zero attached hydrogens (tertiary/aromatic N) is 4. The van der Waals surface area contributed by atoms with Crippen LogP contribution in [-0.4, -0.2) is 68.5 Å². The van der Waals surface area contributed by atoms with Crippen molar-refractivity contribution in [2.75, 3.05) is 51.8 Å². The summed E-state index contributed by atoms with van der Waals surface area (Å²) in [6, 6.07) is 22.1. The lowest BCUT2D eigenvalue weighted by Crippen LogP contribution is -2.49. The molecule has 0 aromatic heterocycles. The summed E-state index contributed by atoms with van der Waals surface area (Å²) in [6.07, 6.45) is 0.583. The molecule has 0 bridgehead atoms. The second kappa shape index (κ2) is 11.0. The fourth-order valence-electron chi connectivity index (χ4n) is 5.00. The standard InChI is InChI=1S/C29H31FN4O3/c1-36-22-12-13-23(28(18-22)37-2)27-19-25(21-8-4-3-5-9-21)31-34(27)29(35)20-32-14-16-33(17-15-32)26-11-7-6-10-24(26)30/h3-13,18,27H,14-17,19-20H2,1-2H3/t27-/m0/s1. The molecule has 1 saturated heterocycles. The highest BCUT2D eigenvalue weighted by molar-refractivity contribution is 6.03. The SMILES string of the molecule is COc1ccc([C@@H]2CC(c3ccccc3)=NN2C(=O)CN2CCN(c3ccccc3F)CC2)c(OC)c1. The molecule has 3 aromatic rings. The van der Waals surface area contributed by atoms with Crippen molar-refractivity contribution in [1.82, 2.24) is 9.91 Å². The number of hydrogen-bond donors (Lipinski definition) is 0. The minimum absolute atomic E-state index is 0.0758. The second-order valence-electron chi connectivity index (χ2n) is 9.19. The average molecular weight is 503 g/mol. The maximum atomic E-state index is 14.2. The third kappa shape index (κ3) is 5.29. The number of carbonyl (C=O) groups is 1. The Bertz CT molecular complexity index is 1280. The Morgan fingerprint density at radius 1 is 0.946 bits per heavy atom. The third-order valence-corrected chi connectivity index (χ3v) is 7.00. The molecule has 7 nitrogen and oxygen atoms in total. The van der Waals surface area contributed by atoms with Crippen LogP contribution in [0, 0.1) is 5.82 Å². The summed E-state index contributed by atoms with van der Waals surface area (Å²) in [5.74, 6) is 1.05. The Kier molecular flexibility index (Phi) is 7.37. The zero-order valence-corrected chi connectivity index (χ0v) is 21.1. The van der Waals surface area contributed by atoms with E-state index in [1.54, 1.807) is 31.4 Å². The number of benzene rings is 3. The molecule has 1 fully saturated rings. The number of methoxy groups -OCH3 is 2. The van der Waals surface area contributed by atoms with Gasteiger partial charge in [0, 0.05) is 44.2 Å². The summed E-state index contributed by atoms with van der Waals surface area (Å²) >= 11 is 0. The van der Waals surface area contributed by atoms with Gasteiger partial charge in [-0.3, -0.25) is 9.69 Å². The summed E-state index contributed by atoms with van der Waals surface area (Å²) in [7, 11) is 3.23. The van der Waals surface area contributed by atoms with E-state index in [4.69, 9.17) is 14.6 Å². The average Bonchev–Trinajstić information content (AvgIpc) is 3.39. The van der Waals surface area contributed by atoms with Crippen molar-refractivity contribution in [2.45, 2.75) is 12.5 Å². The molecule has 0 aliphatic carbocycles. The van der Waals surface area contributed by atoms with Crippen LogP contribution in [0.5, 0.6) is 11.5 Å². The molecule has 2 aliphatic heterocycles. The van der Waals surface area contributed by atoms with Gasteiger partial charge in [0.05, 0.1) is 38.2 Å². The number of halogens is 1. The van der Waals surface area contributed by atoms with Crippen molar-refractivity contribution in [3.8, 4) is 11.5 Å². The number of hydrogen-bond acceptors (Lipinski definition) is 6. The van der Waals surface area contributed by atoms with Crippen LogP contribution < -0.4 is 14.4 Å². The molecule has 0 N–H and O–H groups in total. The van der Waals surface area contributed by atoms with E-state index in [0.717, 1.165) is 16.8 Å². The van der Waals surface area contributed by atoms with E-state index in [0.29, 0.717) is 49.8 Å². The quantitative estimate of drug-likeness (QED) is 0.481. The maximum absolute atomic E-state index is 14.2. The topological polar surface area (TPSA) is 57.6 Å². The van der Waals surface area contributed by atoms with Gasteiger partial charge in [0.25, 0.3) is 5.91 Å². The van der Waals surface area contributed by atoms with Crippen molar-refractivity contribution in [2.24, 2.45) is 5.10 Å². The van der Waals surface area contributed by atoms with Crippen molar-refractivity contribution in [3.63, 3.8) is 0 Å². The lowest BCUT2D eigenvalue weighted by atomic mass is 9.97. The van der Waals surface area contributed by atoms with Gasteiger partial charge < -0.3 is 14.4 Å². The lowest BCUT2D eigenvalue weighted by molar-refractivity contribution is -0.134. The molecule has 0 unspecified atom stereocenters.